The molecular weight excluding hydrogens is 229 g/mol. The fourth-order valence-corrected chi connectivity index (χ4v) is 2.11. The number of alkyl halides is 3. The molecule has 90 valence electrons. The maximum absolute atomic E-state index is 12.8. The van der Waals surface area contributed by atoms with Gasteiger partial charge in [-0.2, -0.15) is 13.2 Å². The molecule has 0 spiro atoms. The molecule has 17 heavy (non-hydrogen) atoms. The minimum atomic E-state index is -4.36. The highest BCUT2D eigenvalue weighted by Gasteiger charge is 2.35. The monoisotopic (exact) mass is 240 g/mol. The molecule has 0 bridgehead atoms. The standard InChI is InChI=1S/C13H11F3O/c14-13(15,16)12-7-2-1-6-11(12)9-4-3-5-10(17)8-9/h1-3,5-7,9H,4,8H2. The van der Waals surface area contributed by atoms with Crippen LogP contribution in [-0.2, 0) is 11.0 Å². The SMILES string of the molecule is O=C1C=CCC(c2ccccc2C(F)(F)F)C1. The van der Waals surface area contributed by atoms with Crippen molar-refractivity contribution in [3.05, 3.63) is 47.5 Å². The third kappa shape index (κ3) is 2.57. The normalized spacial score (nSPS) is 20.6. The van der Waals surface area contributed by atoms with Gasteiger partial charge in [0.15, 0.2) is 5.78 Å². The lowest BCUT2D eigenvalue weighted by Gasteiger charge is -2.21. The van der Waals surface area contributed by atoms with Gasteiger partial charge in [0.05, 0.1) is 5.56 Å². The molecule has 1 aromatic carbocycles. The van der Waals surface area contributed by atoms with Crippen LogP contribution in [0, 0.1) is 0 Å². The van der Waals surface area contributed by atoms with Crippen molar-refractivity contribution < 1.29 is 18.0 Å². The van der Waals surface area contributed by atoms with Crippen molar-refractivity contribution in [2.75, 3.05) is 0 Å². The molecule has 0 heterocycles. The summed E-state index contributed by atoms with van der Waals surface area (Å²) < 4.78 is 38.4. The maximum Gasteiger partial charge on any atom is 0.416 e. The van der Waals surface area contributed by atoms with Crippen LogP contribution < -0.4 is 0 Å². The number of carbonyl (C=O) groups excluding carboxylic acids is 1. The Morgan fingerprint density at radius 2 is 1.88 bits per heavy atom. The summed E-state index contributed by atoms with van der Waals surface area (Å²) in [4.78, 5) is 11.2. The molecule has 2 rings (SSSR count). The summed E-state index contributed by atoms with van der Waals surface area (Å²) in [7, 11) is 0. The second kappa shape index (κ2) is 4.35. The van der Waals surface area contributed by atoms with Gasteiger partial charge in [-0.1, -0.05) is 24.3 Å². The van der Waals surface area contributed by atoms with E-state index in [0.717, 1.165) is 6.07 Å². The van der Waals surface area contributed by atoms with E-state index in [1.807, 2.05) is 0 Å². The van der Waals surface area contributed by atoms with Gasteiger partial charge in [-0.15, -0.1) is 0 Å². The van der Waals surface area contributed by atoms with Crippen molar-refractivity contribution in [2.45, 2.75) is 24.9 Å². The van der Waals surface area contributed by atoms with Gasteiger partial charge >= 0.3 is 6.18 Å². The average molecular weight is 240 g/mol. The smallest absolute Gasteiger partial charge is 0.295 e. The predicted molar refractivity (Wildman–Crippen MR) is 57.6 cm³/mol. The summed E-state index contributed by atoms with van der Waals surface area (Å²) in [5.41, 5.74) is -0.411. The molecule has 0 N–H and O–H groups in total. The van der Waals surface area contributed by atoms with Crippen LogP contribution in [0.1, 0.15) is 29.9 Å². The molecule has 0 saturated heterocycles. The summed E-state index contributed by atoms with van der Waals surface area (Å²) in [5, 5.41) is 0. The predicted octanol–water partition coefficient (Wildman–Crippen LogP) is 3.71. The highest BCUT2D eigenvalue weighted by molar-refractivity contribution is 5.91. The Morgan fingerprint density at radius 1 is 1.18 bits per heavy atom. The number of hydrogen-bond acceptors (Lipinski definition) is 1. The summed E-state index contributed by atoms with van der Waals surface area (Å²) in [5.74, 6) is -0.469. The Morgan fingerprint density at radius 3 is 2.53 bits per heavy atom. The zero-order chi connectivity index (χ0) is 12.5. The Kier molecular flexibility index (Phi) is 3.05. The second-order valence-electron chi connectivity index (χ2n) is 4.09. The van der Waals surface area contributed by atoms with E-state index in [-0.39, 0.29) is 23.7 Å². The highest BCUT2D eigenvalue weighted by Crippen LogP contribution is 2.38. The summed E-state index contributed by atoms with van der Waals surface area (Å²) in [6.07, 6.45) is -0.639. The molecule has 0 radical (unpaired) electrons. The van der Waals surface area contributed by atoms with Crippen LogP contribution in [0.4, 0.5) is 13.2 Å². The molecule has 4 heteroatoms. The fourth-order valence-electron chi connectivity index (χ4n) is 2.11. The first-order chi connectivity index (χ1) is 7.98. The molecule has 1 aliphatic rings. The molecule has 1 atom stereocenters. The molecule has 1 unspecified atom stereocenters. The number of allylic oxidation sites excluding steroid dienone is 2. The van der Waals surface area contributed by atoms with E-state index >= 15 is 0 Å². The topological polar surface area (TPSA) is 17.1 Å². The van der Waals surface area contributed by atoms with Crippen molar-refractivity contribution in [3.63, 3.8) is 0 Å². The van der Waals surface area contributed by atoms with Crippen molar-refractivity contribution in [1.29, 1.82) is 0 Å². The van der Waals surface area contributed by atoms with Gasteiger partial charge in [0.1, 0.15) is 0 Å². The number of hydrogen-bond donors (Lipinski definition) is 0. The van der Waals surface area contributed by atoms with Gasteiger partial charge in [0.25, 0.3) is 0 Å². The maximum atomic E-state index is 12.8. The van der Waals surface area contributed by atoms with Crippen LogP contribution in [0.3, 0.4) is 0 Å². The van der Waals surface area contributed by atoms with Crippen molar-refractivity contribution in [1.82, 2.24) is 0 Å². The average Bonchev–Trinajstić information content (AvgIpc) is 2.28. The van der Waals surface area contributed by atoms with Gasteiger partial charge in [0.2, 0.25) is 0 Å². The molecule has 0 saturated carbocycles. The summed E-state index contributed by atoms with van der Waals surface area (Å²) in [6, 6.07) is 5.47. The zero-order valence-corrected chi connectivity index (χ0v) is 9.00. The van der Waals surface area contributed by atoms with E-state index in [0.29, 0.717) is 6.42 Å². The van der Waals surface area contributed by atoms with E-state index in [9.17, 15) is 18.0 Å². The Bertz CT molecular complexity index is 460. The van der Waals surface area contributed by atoms with Crippen molar-refractivity contribution in [2.24, 2.45) is 0 Å². The van der Waals surface area contributed by atoms with Crippen LogP contribution in [0.5, 0.6) is 0 Å². The molecule has 0 fully saturated rings. The second-order valence-corrected chi connectivity index (χ2v) is 4.09. The summed E-state index contributed by atoms with van der Waals surface area (Å²) in [6.45, 7) is 0. The number of ketones is 1. The fraction of sp³-hybridized carbons (Fsp3) is 0.308. The largest absolute Gasteiger partial charge is 0.416 e. The highest BCUT2D eigenvalue weighted by atomic mass is 19.4. The van der Waals surface area contributed by atoms with E-state index in [1.165, 1.54) is 18.2 Å². The molecule has 1 aromatic rings. The lowest BCUT2D eigenvalue weighted by molar-refractivity contribution is -0.138. The number of rotatable bonds is 1. The minimum absolute atomic E-state index is 0.113. The molecule has 1 nitrogen and oxygen atoms in total. The van der Waals surface area contributed by atoms with Crippen LogP contribution in [0.25, 0.3) is 0 Å². The van der Waals surface area contributed by atoms with Gasteiger partial charge in [-0.05, 0) is 30.0 Å². The van der Waals surface area contributed by atoms with Crippen LogP contribution in [-0.4, -0.2) is 5.78 Å². The van der Waals surface area contributed by atoms with E-state index in [2.05, 4.69) is 0 Å². The Balaban J connectivity index is 2.39. The molecule has 1 aliphatic carbocycles. The first-order valence-corrected chi connectivity index (χ1v) is 5.34. The minimum Gasteiger partial charge on any atom is -0.295 e. The third-order valence-electron chi connectivity index (χ3n) is 2.88. The summed E-state index contributed by atoms with van der Waals surface area (Å²) >= 11 is 0. The molecule has 0 aliphatic heterocycles. The van der Waals surface area contributed by atoms with Gasteiger partial charge < -0.3 is 0 Å². The molecular formula is C13H11F3O. The first-order valence-electron chi connectivity index (χ1n) is 5.34. The Hall–Kier alpha value is -1.58. The van der Waals surface area contributed by atoms with Crippen molar-refractivity contribution >= 4 is 5.78 Å². The van der Waals surface area contributed by atoms with E-state index in [1.54, 1.807) is 12.1 Å². The number of benzene rings is 1. The van der Waals surface area contributed by atoms with Crippen LogP contribution >= 0.6 is 0 Å². The quantitative estimate of drug-likeness (QED) is 0.731. The molecule has 0 aromatic heterocycles. The van der Waals surface area contributed by atoms with Gasteiger partial charge in [-0.3, -0.25) is 4.79 Å². The number of carbonyl (C=O) groups is 1. The van der Waals surface area contributed by atoms with Crippen LogP contribution in [0.2, 0.25) is 0 Å². The molecule has 0 amide bonds. The van der Waals surface area contributed by atoms with E-state index in [4.69, 9.17) is 0 Å². The Labute approximate surface area is 96.9 Å². The zero-order valence-electron chi connectivity index (χ0n) is 9.00. The number of halogens is 3. The van der Waals surface area contributed by atoms with Gasteiger partial charge in [-0.25, -0.2) is 0 Å². The lowest BCUT2D eigenvalue weighted by atomic mass is 9.84. The first kappa shape index (κ1) is 11.9. The van der Waals surface area contributed by atoms with Gasteiger partial charge in [0, 0.05) is 6.42 Å². The van der Waals surface area contributed by atoms with E-state index < -0.39 is 11.7 Å². The third-order valence-corrected chi connectivity index (χ3v) is 2.88. The lowest BCUT2D eigenvalue weighted by Crippen LogP contribution is -2.15. The van der Waals surface area contributed by atoms with Crippen LogP contribution in [0.15, 0.2) is 36.4 Å². The van der Waals surface area contributed by atoms with Crippen molar-refractivity contribution in [3.8, 4) is 0 Å².